The van der Waals surface area contributed by atoms with E-state index in [4.69, 9.17) is 0 Å². The predicted octanol–water partition coefficient (Wildman–Crippen LogP) is 4.90. The summed E-state index contributed by atoms with van der Waals surface area (Å²) in [5, 5.41) is -7.11. The van der Waals surface area contributed by atoms with Gasteiger partial charge in [-0.25, -0.2) is 8.42 Å². The number of hydrogen-bond donors (Lipinski definition) is 0. The molecule has 1 saturated carbocycles. The van der Waals surface area contributed by atoms with Crippen LogP contribution in [0, 0.1) is 5.92 Å². The fraction of sp³-hybridized carbons (Fsp3) is 0.941. The maximum atomic E-state index is 12.2. The number of carbonyl (C=O) groups excluding carboxylic acids is 1. The van der Waals surface area contributed by atoms with Gasteiger partial charge in [0.25, 0.3) is 0 Å². The Balaban J connectivity index is 0.000000321. The topological polar surface area (TPSA) is 74.3 Å². The highest BCUT2D eigenvalue weighted by Crippen LogP contribution is 2.54. The first-order chi connectivity index (χ1) is 14.4. The molecule has 2 rings (SSSR count). The van der Waals surface area contributed by atoms with Crippen molar-refractivity contribution in [2.24, 2.45) is 5.92 Å². The van der Waals surface area contributed by atoms with Crippen LogP contribution in [0.2, 0.25) is 0 Å². The lowest BCUT2D eigenvalue weighted by Gasteiger charge is -2.34. The van der Waals surface area contributed by atoms with Crippen LogP contribution in [0.4, 0.5) is 39.5 Å². The molecule has 2 fully saturated rings. The lowest BCUT2D eigenvalue weighted by atomic mass is 9.87. The van der Waals surface area contributed by atoms with Crippen LogP contribution >= 0.6 is 0 Å². The minimum absolute atomic E-state index is 0.452. The minimum atomic E-state index is -7.43. The van der Waals surface area contributed by atoms with Crippen LogP contribution in [-0.2, 0) is 25.8 Å². The Hall–Kier alpha value is -0.700. The van der Waals surface area contributed by atoms with Gasteiger partial charge in [-0.2, -0.15) is 39.5 Å². The van der Waals surface area contributed by atoms with Crippen molar-refractivity contribution in [3.05, 3.63) is 0 Å². The molecule has 32 heavy (non-hydrogen) atoms. The standard InChI is InChI=1S/C13H23OS.C4HF9O3S/c14-13(12-7-3-1-4-8-12)11-15-9-5-2-6-10-15;5-1(6,3(9,10)11)2(7,8)4(12,13)17(14,15)16/h12H,1-11H2;(H,14,15,16)/q+1;/p-1. The van der Waals surface area contributed by atoms with E-state index in [-0.39, 0.29) is 0 Å². The highest BCUT2D eigenvalue weighted by atomic mass is 32.2. The lowest BCUT2D eigenvalue weighted by molar-refractivity contribution is -0.382. The van der Waals surface area contributed by atoms with Gasteiger partial charge in [0.1, 0.15) is 11.5 Å². The number of alkyl halides is 9. The van der Waals surface area contributed by atoms with E-state index in [9.17, 15) is 57.3 Å². The predicted molar refractivity (Wildman–Crippen MR) is 98.0 cm³/mol. The molecule has 1 aliphatic heterocycles. The van der Waals surface area contributed by atoms with Crippen LogP contribution in [0.15, 0.2) is 0 Å². The fourth-order valence-electron chi connectivity index (χ4n) is 3.30. The van der Waals surface area contributed by atoms with Crippen molar-refractivity contribution in [1.82, 2.24) is 0 Å². The van der Waals surface area contributed by atoms with Gasteiger partial charge in [0.05, 0.1) is 0 Å². The Morgan fingerprint density at radius 2 is 1.22 bits per heavy atom. The zero-order valence-corrected chi connectivity index (χ0v) is 18.3. The van der Waals surface area contributed by atoms with Crippen LogP contribution in [0.3, 0.4) is 0 Å². The second-order valence-electron chi connectivity index (χ2n) is 7.64. The van der Waals surface area contributed by atoms with E-state index < -0.39 is 33.4 Å². The van der Waals surface area contributed by atoms with Crippen molar-refractivity contribution < 1.29 is 57.3 Å². The van der Waals surface area contributed by atoms with Crippen molar-refractivity contribution in [3.63, 3.8) is 0 Å². The highest BCUT2D eigenvalue weighted by Gasteiger charge is 2.83. The summed E-state index contributed by atoms with van der Waals surface area (Å²) < 4.78 is 135. The van der Waals surface area contributed by atoms with Crippen LogP contribution in [0.1, 0.15) is 51.4 Å². The first-order valence-corrected chi connectivity index (χ1v) is 12.8. The van der Waals surface area contributed by atoms with Gasteiger partial charge in [0.15, 0.2) is 21.7 Å². The molecule has 15 heteroatoms. The Labute approximate surface area is 182 Å². The molecule has 0 aromatic heterocycles. The smallest absolute Gasteiger partial charge is 0.460 e. The zero-order chi connectivity index (χ0) is 25.0. The monoisotopic (exact) mass is 526 g/mol. The maximum Gasteiger partial charge on any atom is 0.460 e. The third kappa shape index (κ3) is 6.67. The molecule has 0 amide bonds. The molecule has 0 atom stereocenters. The summed E-state index contributed by atoms with van der Waals surface area (Å²) in [6.07, 6.45) is 3.32. The van der Waals surface area contributed by atoms with Crippen LogP contribution in [0.25, 0.3) is 0 Å². The summed E-state index contributed by atoms with van der Waals surface area (Å²) in [6, 6.07) is 0. The summed E-state index contributed by atoms with van der Waals surface area (Å²) >= 11 is 0. The first kappa shape index (κ1) is 29.3. The van der Waals surface area contributed by atoms with E-state index in [1.54, 1.807) is 0 Å². The average molecular weight is 526 g/mol. The fourth-order valence-corrected chi connectivity index (χ4v) is 6.09. The molecule has 4 nitrogen and oxygen atoms in total. The summed E-state index contributed by atoms with van der Waals surface area (Å²) in [6.45, 7) is 0. The van der Waals surface area contributed by atoms with E-state index in [2.05, 4.69) is 0 Å². The number of carbonyl (C=O) groups is 1. The van der Waals surface area contributed by atoms with Gasteiger partial charge in [0, 0.05) is 5.92 Å². The zero-order valence-electron chi connectivity index (χ0n) is 16.7. The number of rotatable bonds is 6. The Morgan fingerprint density at radius 1 is 0.781 bits per heavy atom. The van der Waals surface area contributed by atoms with Crippen molar-refractivity contribution in [1.29, 1.82) is 0 Å². The summed E-state index contributed by atoms with van der Waals surface area (Å²) in [4.78, 5) is 12.1. The Morgan fingerprint density at radius 3 is 1.62 bits per heavy atom. The number of Topliss-reactive ketones (excluding diaryl/α,β-unsaturated/α-hetero) is 1. The third-order valence-electron chi connectivity index (χ3n) is 5.20. The van der Waals surface area contributed by atoms with E-state index in [0.29, 0.717) is 22.6 Å². The van der Waals surface area contributed by atoms with E-state index >= 15 is 0 Å². The van der Waals surface area contributed by atoms with E-state index in [0.717, 1.165) is 5.75 Å². The molecule has 0 aromatic carbocycles. The van der Waals surface area contributed by atoms with Gasteiger partial charge in [-0.1, -0.05) is 19.3 Å². The van der Waals surface area contributed by atoms with E-state index in [1.807, 2.05) is 0 Å². The second-order valence-corrected chi connectivity index (χ2v) is 11.4. The summed E-state index contributed by atoms with van der Waals surface area (Å²) in [5.41, 5.74) is 0. The van der Waals surface area contributed by atoms with Gasteiger partial charge >= 0.3 is 23.3 Å². The van der Waals surface area contributed by atoms with Crippen molar-refractivity contribution in [2.75, 3.05) is 17.3 Å². The quantitative estimate of drug-likeness (QED) is 0.281. The second kappa shape index (κ2) is 10.7. The molecular formula is C17H23F9O4S2. The molecule has 0 unspecified atom stereocenters. The average Bonchev–Trinajstić information content (AvgIpc) is 2.68. The van der Waals surface area contributed by atoms with Crippen LogP contribution in [-0.4, -0.2) is 59.3 Å². The van der Waals surface area contributed by atoms with Crippen molar-refractivity contribution in [3.8, 4) is 0 Å². The lowest BCUT2D eigenvalue weighted by Crippen LogP contribution is -2.63. The molecule has 0 radical (unpaired) electrons. The Bertz CT molecular complexity index is 727. The highest BCUT2D eigenvalue weighted by molar-refractivity contribution is 7.97. The van der Waals surface area contributed by atoms with Crippen LogP contribution in [0.5, 0.6) is 0 Å². The molecule has 0 N–H and O–H groups in total. The maximum absolute atomic E-state index is 12.2. The number of ketones is 1. The first-order valence-electron chi connectivity index (χ1n) is 9.68. The SMILES string of the molecule is O=C(C[S+]1CCCCC1)C1CCCCC1.O=S(=O)([O-])C(F)(F)C(F)(F)C(F)(F)C(F)(F)F. The molecule has 0 aromatic rings. The molecule has 0 spiro atoms. The Kier molecular flexibility index (Phi) is 9.81. The molecule has 1 aliphatic carbocycles. The van der Waals surface area contributed by atoms with Crippen LogP contribution < -0.4 is 0 Å². The molecule has 0 bridgehead atoms. The summed E-state index contributed by atoms with van der Waals surface area (Å²) in [5.74, 6) is -10.1. The van der Waals surface area contributed by atoms with Gasteiger partial charge in [-0.3, -0.25) is 4.79 Å². The largest absolute Gasteiger partial charge is 0.743 e. The molecule has 190 valence electrons. The van der Waals surface area contributed by atoms with E-state index in [1.165, 1.54) is 62.9 Å². The van der Waals surface area contributed by atoms with Gasteiger partial charge in [0.2, 0.25) is 0 Å². The van der Waals surface area contributed by atoms with Gasteiger partial charge < -0.3 is 4.55 Å². The number of halogens is 9. The van der Waals surface area contributed by atoms with Crippen molar-refractivity contribution in [2.45, 2.75) is 74.6 Å². The van der Waals surface area contributed by atoms with Crippen molar-refractivity contribution >= 4 is 26.8 Å². The molecule has 2 aliphatic rings. The molecular weight excluding hydrogens is 503 g/mol. The minimum Gasteiger partial charge on any atom is -0.743 e. The molecule has 1 heterocycles. The number of hydrogen-bond acceptors (Lipinski definition) is 4. The van der Waals surface area contributed by atoms with Gasteiger partial charge in [-0.05, 0) is 43.0 Å². The normalized spacial score (nSPS) is 20.4. The van der Waals surface area contributed by atoms with Gasteiger partial charge in [-0.15, -0.1) is 0 Å². The third-order valence-corrected chi connectivity index (χ3v) is 8.51. The molecule has 1 saturated heterocycles. The summed E-state index contributed by atoms with van der Waals surface area (Å²) in [7, 11) is -6.94.